The average molecular weight is 305 g/mol. The minimum absolute atomic E-state index is 0.0947. The van der Waals surface area contributed by atoms with Crippen LogP contribution in [0.2, 0.25) is 0 Å². The molecule has 0 saturated carbocycles. The quantitative estimate of drug-likeness (QED) is 0.641. The summed E-state index contributed by atoms with van der Waals surface area (Å²) in [5, 5.41) is 1.30. The third kappa shape index (κ3) is 2.16. The van der Waals surface area contributed by atoms with Gasteiger partial charge in [0.25, 0.3) is 0 Å². The number of ether oxygens (including phenoxy) is 1. The van der Waals surface area contributed by atoms with Gasteiger partial charge in [-0.1, -0.05) is 50.2 Å². The Morgan fingerprint density at radius 3 is 2.57 bits per heavy atom. The Morgan fingerprint density at radius 2 is 1.78 bits per heavy atom. The summed E-state index contributed by atoms with van der Waals surface area (Å²) < 4.78 is 6.47. The molecule has 1 N–H and O–H groups in total. The zero-order chi connectivity index (χ0) is 16.0. The average Bonchev–Trinajstić information content (AvgIpc) is 2.92. The Kier molecular flexibility index (Phi) is 3.41. The monoisotopic (exact) mass is 305 g/mol. The van der Waals surface area contributed by atoms with Crippen LogP contribution in [0.5, 0.6) is 5.75 Å². The Morgan fingerprint density at radius 1 is 1.04 bits per heavy atom. The highest BCUT2D eigenvalue weighted by Crippen LogP contribution is 2.48. The molecule has 0 bridgehead atoms. The molecule has 1 aliphatic rings. The Bertz CT molecular complexity index is 848. The molecule has 2 heterocycles. The fourth-order valence-electron chi connectivity index (χ4n) is 4.11. The van der Waals surface area contributed by atoms with Crippen LogP contribution in [0.1, 0.15) is 49.1 Å². The topological polar surface area (TPSA) is 25.0 Å². The summed E-state index contributed by atoms with van der Waals surface area (Å²) >= 11 is 0. The molecule has 2 nitrogen and oxygen atoms in total. The van der Waals surface area contributed by atoms with Gasteiger partial charge in [0.15, 0.2) is 0 Å². The maximum atomic E-state index is 6.47. The molecule has 3 aromatic rings. The van der Waals surface area contributed by atoms with Crippen molar-refractivity contribution in [3.8, 4) is 5.75 Å². The number of hydrogen-bond acceptors (Lipinski definition) is 1. The molecule has 0 fully saturated rings. The molecule has 0 unspecified atom stereocenters. The molecule has 23 heavy (non-hydrogen) atoms. The summed E-state index contributed by atoms with van der Waals surface area (Å²) in [6, 6.07) is 17.0. The van der Waals surface area contributed by atoms with Gasteiger partial charge in [-0.05, 0) is 42.5 Å². The summed E-state index contributed by atoms with van der Waals surface area (Å²) in [5.41, 5.74) is 5.09. The molecule has 2 aromatic carbocycles. The smallest absolute Gasteiger partial charge is 0.142 e. The largest absolute Gasteiger partial charge is 0.484 e. The molecule has 0 saturated heterocycles. The lowest BCUT2D eigenvalue weighted by Gasteiger charge is -2.38. The number of nitrogens with one attached hydrogen (secondary N) is 1. The van der Waals surface area contributed by atoms with Crippen molar-refractivity contribution in [3.05, 3.63) is 65.4 Å². The molecular formula is C21H23NO. The van der Waals surface area contributed by atoms with Crippen LogP contribution in [0.3, 0.4) is 0 Å². The van der Waals surface area contributed by atoms with E-state index in [-0.39, 0.29) is 6.10 Å². The van der Waals surface area contributed by atoms with Gasteiger partial charge >= 0.3 is 0 Å². The second-order valence-corrected chi connectivity index (χ2v) is 6.65. The van der Waals surface area contributed by atoms with E-state index in [1.165, 1.54) is 27.7 Å². The molecule has 0 radical (unpaired) electrons. The molecule has 0 aliphatic carbocycles. The molecule has 3 atom stereocenters. The maximum Gasteiger partial charge on any atom is 0.142 e. The minimum Gasteiger partial charge on any atom is -0.484 e. The SMILES string of the molecule is CC[C@@H]1[C@H](C)c2ccccc2O[C@H]1c1[nH]c2ccccc2c1C. The minimum atomic E-state index is 0.0947. The normalized spacial score (nSPS) is 23.5. The maximum absolute atomic E-state index is 6.47. The number of aryl methyl sites for hydroxylation is 1. The van der Waals surface area contributed by atoms with Gasteiger partial charge < -0.3 is 9.72 Å². The Hall–Kier alpha value is -2.22. The van der Waals surface area contributed by atoms with Crippen LogP contribution in [0.25, 0.3) is 10.9 Å². The molecule has 0 spiro atoms. The van der Waals surface area contributed by atoms with Crippen molar-refractivity contribution in [2.75, 3.05) is 0 Å². The van der Waals surface area contributed by atoms with Gasteiger partial charge in [-0.3, -0.25) is 0 Å². The van der Waals surface area contributed by atoms with Crippen molar-refractivity contribution >= 4 is 10.9 Å². The highest BCUT2D eigenvalue weighted by atomic mass is 16.5. The second-order valence-electron chi connectivity index (χ2n) is 6.65. The number of para-hydroxylation sites is 2. The van der Waals surface area contributed by atoms with Gasteiger partial charge in [-0.2, -0.15) is 0 Å². The van der Waals surface area contributed by atoms with E-state index in [0.717, 1.165) is 12.2 Å². The third-order valence-electron chi connectivity index (χ3n) is 5.45. The fourth-order valence-corrected chi connectivity index (χ4v) is 4.11. The van der Waals surface area contributed by atoms with Crippen LogP contribution in [0, 0.1) is 12.8 Å². The lowest BCUT2D eigenvalue weighted by atomic mass is 9.78. The number of hydrogen-bond donors (Lipinski definition) is 1. The number of fused-ring (bicyclic) bond motifs is 2. The first kappa shape index (κ1) is 14.4. The molecule has 0 amide bonds. The van der Waals surface area contributed by atoms with Crippen molar-refractivity contribution in [3.63, 3.8) is 0 Å². The summed E-state index contributed by atoms with van der Waals surface area (Å²) in [7, 11) is 0. The van der Waals surface area contributed by atoms with E-state index in [9.17, 15) is 0 Å². The summed E-state index contributed by atoms with van der Waals surface area (Å²) in [6.07, 6.45) is 1.20. The first-order valence-electron chi connectivity index (χ1n) is 8.53. The van der Waals surface area contributed by atoms with E-state index in [2.05, 4.69) is 74.3 Å². The van der Waals surface area contributed by atoms with Crippen molar-refractivity contribution in [2.24, 2.45) is 5.92 Å². The van der Waals surface area contributed by atoms with E-state index in [1.54, 1.807) is 0 Å². The van der Waals surface area contributed by atoms with Crippen LogP contribution < -0.4 is 4.74 Å². The van der Waals surface area contributed by atoms with Gasteiger partial charge in [0.2, 0.25) is 0 Å². The van der Waals surface area contributed by atoms with Crippen LogP contribution in [0.15, 0.2) is 48.5 Å². The number of H-pyrrole nitrogens is 1. The van der Waals surface area contributed by atoms with Crippen molar-refractivity contribution in [2.45, 2.75) is 39.2 Å². The fraction of sp³-hybridized carbons (Fsp3) is 0.333. The predicted octanol–water partition coefficient (Wildman–Crippen LogP) is 5.74. The van der Waals surface area contributed by atoms with E-state index >= 15 is 0 Å². The van der Waals surface area contributed by atoms with Crippen LogP contribution >= 0.6 is 0 Å². The van der Waals surface area contributed by atoms with Crippen LogP contribution in [0.4, 0.5) is 0 Å². The summed E-state index contributed by atoms with van der Waals surface area (Å²) in [4.78, 5) is 3.62. The van der Waals surface area contributed by atoms with Crippen molar-refractivity contribution in [1.29, 1.82) is 0 Å². The second kappa shape index (κ2) is 5.45. The first-order chi connectivity index (χ1) is 11.2. The van der Waals surface area contributed by atoms with Gasteiger partial charge in [0.1, 0.15) is 11.9 Å². The van der Waals surface area contributed by atoms with Gasteiger partial charge in [-0.25, -0.2) is 0 Å². The number of aromatic nitrogens is 1. The first-order valence-corrected chi connectivity index (χ1v) is 8.53. The summed E-state index contributed by atoms with van der Waals surface area (Å²) in [6.45, 7) is 6.80. The number of aromatic amines is 1. The molecular weight excluding hydrogens is 282 g/mol. The molecule has 1 aliphatic heterocycles. The van der Waals surface area contributed by atoms with Gasteiger partial charge in [0.05, 0.1) is 5.69 Å². The van der Waals surface area contributed by atoms with E-state index < -0.39 is 0 Å². The zero-order valence-corrected chi connectivity index (χ0v) is 14.0. The molecule has 118 valence electrons. The van der Waals surface area contributed by atoms with Crippen molar-refractivity contribution < 1.29 is 4.74 Å². The molecule has 1 aromatic heterocycles. The highest BCUT2D eigenvalue weighted by Gasteiger charge is 2.37. The lowest BCUT2D eigenvalue weighted by Crippen LogP contribution is -2.29. The number of rotatable bonds is 2. The van der Waals surface area contributed by atoms with E-state index in [1.807, 2.05) is 0 Å². The van der Waals surface area contributed by atoms with E-state index in [4.69, 9.17) is 4.74 Å². The van der Waals surface area contributed by atoms with Crippen LogP contribution in [-0.2, 0) is 0 Å². The van der Waals surface area contributed by atoms with E-state index in [0.29, 0.717) is 11.8 Å². The van der Waals surface area contributed by atoms with Crippen LogP contribution in [-0.4, -0.2) is 4.98 Å². The predicted molar refractivity (Wildman–Crippen MR) is 95.0 cm³/mol. The number of benzene rings is 2. The van der Waals surface area contributed by atoms with Gasteiger partial charge in [0, 0.05) is 16.8 Å². The Labute approximate surface area is 137 Å². The standard InChI is InChI=1S/C21H23NO/c1-4-15-13(2)17-10-6-8-12-19(17)23-21(15)20-14(3)16-9-5-7-11-18(16)22-20/h5-13,15,21-22H,4H2,1-3H3/t13-,15+,21+/m0/s1. The Balaban J connectivity index is 1.85. The zero-order valence-electron chi connectivity index (χ0n) is 14.0. The van der Waals surface area contributed by atoms with Crippen molar-refractivity contribution in [1.82, 2.24) is 4.98 Å². The third-order valence-corrected chi connectivity index (χ3v) is 5.45. The highest BCUT2D eigenvalue weighted by molar-refractivity contribution is 5.84. The molecule has 2 heteroatoms. The van der Waals surface area contributed by atoms with Gasteiger partial charge in [-0.15, -0.1) is 0 Å². The lowest BCUT2D eigenvalue weighted by molar-refractivity contribution is 0.0895. The summed E-state index contributed by atoms with van der Waals surface area (Å²) in [5.74, 6) is 2.02. The molecule has 4 rings (SSSR count).